The van der Waals surface area contributed by atoms with Crippen LogP contribution in [0.4, 0.5) is 0 Å². The number of carbonyl (C=O) groups excluding carboxylic acids is 1. The topological polar surface area (TPSA) is 75.1 Å². The fourth-order valence-corrected chi connectivity index (χ4v) is 1.16. The molecular weight excluding hydrogens is 202 g/mol. The maximum Gasteiger partial charge on any atom is 0.273 e. The van der Waals surface area contributed by atoms with Crippen molar-refractivity contribution in [2.24, 2.45) is 0 Å². The van der Waals surface area contributed by atoms with Gasteiger partial charge in [-0.25, -0.2) is 0 Å². The lowest BCUT2D eigenvalue weighted by molar-refractivity contribution is 0.0705. The Kier molecular flexibility index (Phi) is 3.17. The number of hydrogen-bond acceptors (Lipinski definition) is 5. The maximum atomic E-state index is 11.5. The zero-order valence-corrected chi connectivity index (χ0v) is 9.13. The summed E-state index contributed by atoms with van der Waals surface area (Å²) in [6.07, 6.45) is -0.627. The van der Waals surface area contributed by atoms with Gasteiger partial charge < -0.3 is 10.4 Å². The Bertz CT molecular complexity index is 308. The molecule has 1 amide bonds. The van der Waals surface area contributed by atoms with Gasteiger partial charge in [0, 0.05) is 5.38 Å². The maximum absolute atomic E-state index is 11.5. The van der Waals surface area contributed by atoms with Gasteiger partial charge in [0.2, 0.25) is 0 Å². The van der Waals surface area contributed by atoms with Crippen LogP contribution in [0.3, 0.4) is 0 Å². The first-order valence-corrected chi connectivity index (χ1v) is 5.05. The lowest BCUT2D eigenvalue weighted by atomic mass is 9.99. The van der Waals surface area contributed by atoms with Crippen molar-refractivity contribution in [3.8, 4) is 0 Å². The fourth-order valence-electron chi connectivity index (χ4n) is 0.725. The highest BCUT2D eigenvalue weighted by Gasteiger charge is 2.27. The van der Waals surface area contributed by atoms with E-state index in [1.807, 2.05) is 0 Å². The van der Waals surface area contributed by atoms with Crippen LogP contribution >= 0.6 is 11.5 Å². The monoisotopic (exact) mass is 215 g/mol. The standard InChI is InChI=1S/C8H13N3O2S/c1-5(12)8(2,3)9-7(13)6-4-14-11-10-6/h4-5,12H,1-3H3,(H,9,13). The molecule has 78 valence electrons. The predicted octanol–water partition coefficient (Wildman–Crippen LogP) is 0.427. The van der Waals surface area contributed by atoms with Crippen LogP contribution in [0, 0.1) is 0 Å². The van der Waals surface area contributed by atoms with Crippen molar-refractivity contribution in [3.63, 3.8) is 0 Å². The number of hydrogen-bond donors (Lipinski definition) is 2. The molecule has 0 saturated heterocycles. The molecule has 0 bridgehead atoms. The summed E-state index contributed by atoms with van der Waals surface area (Å²) < 4.78 is 3.59. The number of amides is 1. The number of aliphatic hydroxyl groups excluding tert-OH is 1. The van der Waals surface area contributed by atoms with Gasteiger partial charge in [0.1, 0.15) is 0 Å². The zero-order valence-electron chi connectivity index (χ0n) is 8.31. The van der Waals surface area contributed by atoms with Gasteiger partial charge >= 0.3 is 0 Å². The molecule has 0 aliphatic carbocycles. The number of aliphatic hydroxyl groups is 1. The number of rotatable bonds is 3. The highest BCUT2D eigenvalue weighted by Crippen LogP contribution is 2.09. The smallest absolute Gasteiger partial charge is 0.273 e. The molecule has 0 radical (unpaired) electrons. The van der Waals surface area contributed by atoms with E-state index in [1.165, 1.54) is 0 Å². The molecule has 2 N–H and O–H groups in total. The van der Waals surface area contributed by atoms with Crippen molar-refractivity contribution in [1.29, 1.82) is 0 Å². The van der Waals surface area contributed by atoms with Crippen LogP contribution in [0.1, 0.15) is 31.3 Å². The summed E-state index contributed by atoms with van der Waals surface area (Å²) in [5.74, 6) is -0.315. The number of nitrogens with one attached hydrogen (secondary N) is 1. The molecule has 0 fully saturated rings. The molecule has 0 spiro atoms. The Balaban J connectivity index is 2.66. The first kappa shape index (κ1) is 11.1. The van der Waals surface area contributed by atoms with Crippen molar-refractivity contribution in [2.45, 2.75) is 32.4 Å². The third-order valence-electron chi connectivity index (χ3n) is 2.07. The van der Waals surface area contributed by atoms with E-state index >= 15 is 0 Å². The Morgan fingerprint density at radius 1 is 1.71 bits per heavy atom. The molecule has 0 aromatic carbocycles. The van der Waals surface area contributed by atoms with Crippen LogP contribution in [0.25, 0.3) is 0 Å². The quantitative estimate of drug-likeness (QED) is 0.766. The van der Waals surface area contributed by atoms with Crippen LogP contribution < -0.4 is 5.32 Å². The normalized spacial score (nSPS) is 13.7. The average Bonchev–Trinajstić information content (AvgIpc) is 2.54. The molecular formula is C8H13N3O2S. The highest BCUT2D eigenvalue weighted by atomic mass is 32.1. The summed E-state index contributed by atoms with van der Waals surface area (Å²) in [5.41, 5.74) is -0.385. The van der Waals surface area contributed by atoms with Gasteiger partial charge in [-0.15, -0.1) is 5.10 Å². The van der Waals surface area contributed by atoms with Crippen molar-refractivity contribution in [2.75, 3.05) is 0 Å². The lowest BCUT2D eigenvalue weighted by Gasteiger charge is -2.28. The number of nitrogens with zero attached hydrogens (tertiary/aromatic N) is 2. The average molecular weight is 215 g/mol. The van der Waals surface area contributed by atoms with Gasteiger partial charge in [0.05, 0.1) is 11.6 Å². The van der Waals surface area contributed by atoms with Crippen LogP contribution in [0.5, 0.6) is 0 Å². The van der Waals surface area contributed by atoms with Crippen molar-refractivity contribution < 1.29 is 9.90 Å². The van der Waals surface area contributed by atoms with E-state index in [2.05, 4.69) is 14.9 Å². The van der Waals surface area contributed by atoms with Crippen molar-refractivity contribution in [3.05, 3.63) is 11.1 Å². The molecule has 6 heteroatoms. The second-order valence-corrected chi connectivity index (χ2v) is 4.25. The van der Waals surface area contributed by atoms with Gasteiger partial charge in [-0.2, -0.15) is 0 Å². The number of carbonyl (C=O) groups is 1. The van der Waals surface area contributed by atoms with E-state index in [1.54, 1.807) is 26.2 Å². The van der Waals surface area contributed by atoms with Crippen LogP contribution in [0.15, 0.2) is 5.38 Å². The van der Waals surface area contributed by atoms with Gasteiger partial charge in [-0.05, 0) is 32.3 Å². The van der Waals surface area contributed by atoms with Gasteiger partial charge in [0.25, 0.3) is 5.91 Å². The van der Waals surface area contributed by atoms with Gasteiger partial charge in [-0.1, -0.05) is 4.49 Å². The molecule has 0 aliphatic rings. The molecule has 1 atom stereocenters. The van der Waals surface area contributed by atoms with Gasteiger partial charge in [0.15, 0.2) is 5.69 Å². The van der Waals surface area contributed by atoms with E-state index in [0.717, 1.165) is 11.5 Å². The van der Waals surface area contributed by atoms with Gasteiger partial charge in [-0.3, -0.25) is 4.79 Å². The van der Waals surface area contributed by atoms with E-state index in [9.17, 15) is 9.90 Å². The molecule has 1 rings (SSSR count). The summed E-state index contributed by atoms with van der Waals surface area (Å²) >= 11 is 1.12. The van der Waals surface area contributed by atoms with Crippen LogP contribution in [-0.2, 0) is 0 Å². The fraction of sp³-hybridized carbons (Fsp3) is 0.625. The first-order chi connectivity index (χ1) is 6.43. The molecule has 1 aromatic heterocycles. The molecule has 5 nitrogen and oxygen atoms in total. The summed E-state index contributed by atoms with van der Waals surface area (Å²) in [5, 5.41) is 17.2. The Hall–Kier alpha value is -1.01. The van der Waals surface area contributed by atoms with E-state index in [4.69, 9.17) is 0 Å². The minimum atomic E-state index is -0.666. The zero-order chi connectivity index (χ0) is 10.8. The first-order valence-electron chi connectivity index (χ1n) is 4.21. The lowest BCUT2D eigenvalue weighted by Crippen LogP contribution is -2.51. The number of aromatic nitrogens is 2. The molecule has 1 aromatic rings. The second kappa shape index (κ2) is 4.02. The predicted molar refractivity (Wildman–Crippen MR) is 53.1 cm³/mol. The highest BCUT2D eigenvalue weighted by molar-refractivity contribution is 7.03. The second-order valence-electron chi connectivity index (χ2n) is 3.64. The Labute approximate surface area is 86.3 Å². The van der Waals surface area contributed by atoms with Crippen molar-refractivity contribution >= 4 is 17.4 Å². The summed E-state index contributed by atoms with van der Waals surface area (Å²) in [6.45, 7) is 5.12. The SMILES string of the molecule is CC(O)C(C)(C)NC(=O)c1csnn1. The van der Waals surface area contributed by atoms with E-state index in [0.29, 0.717) is 0 Å². The largest absolute Gasteiger partial charge is 0.391 e. The van der Waals surface area contributed by atoms with E-state index in [-0.39, 0.29) is 11.6 Å². The summed E-state index contributed by atoms with van der Waals surface area (Å²) in [7, 11) is 0. The molecule has 0 aliphatic heterocycles. The third-order valence-corrected chi connectivity index (χ3v) is 2.58. The summed E-state index contributed by atoms with van der Waals surface area (Å²) in [4.78, 5) is 11.5. The minimum Gasteiger partial charge on any atom is -0.391 e. The minimum absolute atomic E-state index is 0.281. The Morgan fingerprint density at radius 3 is 2.79 bits per heavy atom. The molecule has 14 heavy (non-hydrogen) atoms. The van der Waals surface area contributed by atoms with E-state index < -0.39 is 11.6 Å². The third kappa shape index (κ3) is 2.49. The molecule has 1 heterocycles. The van der Waals surface area contributed by atoms with Crippen molar-refractivity contribution in [1.82, 2.24) is 14.9 Å². The van der Waals surface area contributed by atoms with Crippen LogP contribution in [0.2, 0.25) is 0 Å². The molecule has 1 unspecified atom stereocenters. The Morgan fingerprint density at radius 2 is 2.36 bits per heavy atom. The summed E-state index contributed by atoms with van der Waals surface area (Å²) in [6, 6.07) is 0. The molecule has 0 saturated carbocycles. The van der Waals surface area contributed by atoms with Crippen LogP contribution in [-0.4, -0.2) is 32.2 Å².